The highest BCUT2D eigenvalue weighted by Crippen LogP contribution is 2.16. The van der Waals surface area contributed by atoms with E-state index in [1.54, 1.807) is 0 Å². The Morgan fingerprint density at radius 1 is 1.61 bits per heavy atom. The first-order chi connectivity index (χ1) is 8.72. The Morgan fingerprint density at radius 2 is 2.44 bits per heavy atom. The van der Waals surface area contributed by atoms with Crippen molar-refractivity contribution in [2.24, 2.45) is 0 Å². The van der Waals surface area contributed by atoms with Crippen LogP contribution < -0.4 is 5.32 Å². The summed E-state index contributed by atoms with van der Waals surface area (Å²) in [4.78, 5) is 6.68. The molecule has 2 atom stereocenters. The molecule has 1 aliphatic rings. The minimum atomic E-state index is -0.0753. The molecule has 2 unspecified atom stereocenters. The van der Waals surface area contributed by atoms with Crippen molar-refractivity contribution < 1.29 is 9.84 Å². The Labute approximate surface area is 108 Å². The molecule has 1 aromatic heterocycles. The highest BCUT2D eigenvalue weighted by Gasteiger charge is 2.25. The zero-order valence-electron chi connectivity index (χ0n) is 11.0. The van der Waals surface area contributed by atoms with E-state index in [4.69, 9.17) is 9.84 Å². The lowest BCUT2D eigenvalue weighted by molar-refractivity contribution is -0.0808. The second-order valence-electron chi connectivity index (χ2n) is 4.70. The normalized spacial score (nSPS) is 25.1. The standard InChI is InChI=1S/C13H21N3O2/c1-10-9-18-13(8-17)7-16(10)6-12-5-11(14-2)3-4-15-12/h3-5,10,13,17H,6-9H2,1-2H3,(H,14,15). The van der Waals surface area contributed by atoms with Crippen molar-refractivity contribution >= 4 is 5.69 Å². The molecule has 0 spiro atoms. The number of anilines is 1. The number of pyridine rings is 1. The van der Waals surface area contributed by atoms with Gasteiger partial charge in [0, 0.05) is 38.1 Å². The van der Waals surface area contributed by atoms with E-state index in [0.717, 1.165) is 24.5 Å². The van der Waals surface area contributed by atoms with Gasteiger partial charge < -0.3 is 15.2 Å². The van der Waals surface area contributed by atoms with E-state index in [-0.39, 0.29) is 12.7 Å². The highest BCUT2D eigenvalue weighted by atomic mass is 16.5. The first-order valence-electron chi connectivity index (χ1n) is 6.32. The van der Waals surface area contributed by atoms with Gasteiger partial charge in [0.25, 0.3) is 0 Å². The topological polar surface area (TPSA) is 57.6 Å². The molecule has 0 saturated carbocycles. The monoisotopic (exact) mass is 251 g/mol. The van der Waals surface area contributed by atoms with Crippen molar-refractivity contribution in [3.63, 3.8) is 0 Å². The fourth-order valence-electron chi connectivity index (χ4n) is 2.13. The number of ether oxygens (including phenoxy) is 1. The molecule has 100 valence electrons. The largest absolute Gasteiger partial charge is 0.394 e. The number of hydrogen-bond donors (Lipinski definition) is 2. The SMILES string of the molecule is CNc1ccnc(CN2CC(CO)OCC2C)c1. The molecule has 0 aromatic carbocycles. The van der Waals surface area contributed by atoms with Crippen LogP contribution in [-0.4, -0.2) is 53.9 Å². The molecule has 1 aliphatic heterocycles. The number of hydrogen-bond acceptors (Lipinski definition) is 5. The fraction of sp³-hybridized carbons (Fsp3) is 0.615. The summed E-state index contributed by atoms with van der Waals surface area (Å²) < 4.78 is 5.53. The Kier molecular flexibility index (Phi) is 4.52. The van der Waals surface area contributed by atoms with Gasteiger partial charge in [0.05, 0.1) is 25.0 Å². The molecule has 0 radical (unpaired) electrons. The van der Waals surface area contributed by atoms with Gasteiger partial charge >= 0.3 is 0 Å². The molecule has 1 fully saturated rings. The lowest BCUT2D eigenvalue weighted by Gasteiger charge is -2.37. The first kappa shape index (κ1) is 13.3. The summed E-state index contributed by atoms with van der Waals surface area (Å²) in [5.74, 6) is 0. The Balaban J connectivity index is 2.02. The number of nitrogens with zero attached hydrogens (tertiary/aromatic N) is 2. The van der Waals surface area contributed by atoms with Crippen LogP contribution in [-0.2, 0) is 11.3 Å². The Bertz CT molecular complexity index is 386. The zero-order valence-corrected chi connectivity index (χ0v) is 11.0. The van der Waals surface area contributed by atoms with Crippen molar-refractivity contribution in [3.8, 4) is 0 Å². The van der Waals surface area contributed by atoms with E-state index in [9.17, 15) is 0 Å². The number of aromatic nitrogens is 1. The molecular weight excluding hydrogens is 230 g/mol. The third kappa shape index (κ3) is 3.19. The van der Waals surface area contributed by atoms with Gasteiger partial charge in [-0.15, -0.1) is 0 Å². The van der Waals surface area contributed by atoms with E-state index in [1.165, 1.54) is 0 Å². The Morgan fingerprint density at radius 3 is 3.17 bits per heavy atom. The molecule has 0 aliphatic carbocycles. The van der Waals surface area contributed by atoms with Crippen LogP contribution in [0.3, 0.4) is 0 Å². The highest BCUT2D eigenvalue weighted by molar-refractivity contribution is 5.42. The predicted octanol–water partition coefficient (Wildman–Crippen LogP) is 0.705. The van der Waals surface area contributed by atoms with Crippen molar-refractivity contribution in [1.82, 2.24) is 9.88 Å². The smallest absolute Gasteiger partial charge is 0.0933 e. The lowest BCUT2D eigenvalue weighted by Crippen LogP contribution is -2.48. The van der Waals surface area contributed by atoms with Crippen LogP contribution in [0.15, 0.2) is 18.3 Å². The Hall–Kier alpha value is -1.17. The van der Waals surface area contributed by atoms with Gasteiger partial charge in [-0.2, -0.15) is 0 Å². The summed E-state index contributed by atoms with van der Waals surface area (Å²) in [6.45, 7) is 4.42. The van der Waals surface area contributed by atoms with E-state index >= 15 is 0 Å². The van der Waals surface area contributed by atoms with Crippen molar-refractivity contribution in [1.29, 1.82) is 0 Å². The van der Waals surface area contributed by atoms with Gasteiger partial charge in [0.2, 0.25) is 0 Å². The molecule has 2 heterocycles. The first-order valence-corrected chi connectivity index (χ1v) is 6.32. The summed E-state index contributed by atoms with van der Waals surface area (Å²) in [7, 11) is 1.90. The quantitative estimate of drug-likeness (QED) is 0.825. The zero-order chi connectivity index (χ0) is 13.0. The van der Waals surface area contributed by atoms with Gasteiger partial charge in [-0.1, -0.05) is 0 Å². The molecule has 2 N–H and O–H groups in total. The molecule has 5 nitrogen and oxygen atoms in total. The summed E-state index contributed by atoms with van der Waals surface area (Å²) in [5, 5.41) is 12.3. The molecule has 1 saturated heterocycles. The van der Waals surface area contributed by atoms with Crippen LogP contribution in [0.5, 0.6) is 0 Å². The average Bonchev–Trinajstić information content (AvgIpc) is 2.41. The number of rotatable bonds is 4. The number of aliphatic hydroxyl groups is 1. The summed E-state index contributed by atoms with van der Waals surface area (Å²) in [6, 6.07) is 4.35. The molecule has 1 aromatic rings. The molecule has 5 heteroatoms. The van der Waals surface area contributed by atoms with Crippen LogP contribution >= 0.6 is 0 Å². The molecule has 2 rings (SSSR count). The molecule has 18 heavy (non-hydrogen) atoms. The second-order valence-corrected chi connectivity index (χ2v) is 4.70. The van der Waals surface area contributed by atoms with Crippen LogP contribution in [0.25, 0.3) is 0 Å². The predicted molar refractivity (Wildman–Crippen MR) is 70.5 cm³/mol. The van der Waals surface area contributed by atoms with E-state index < -0.39 is 0 Å². The number of aliphatic hydroxyl groups excluding tert-OH is 1. The van der Waals surface area contributed by atoms with Gasteiger partial charge in [0.15, 0.2) is 0 Å². The van der Waals surface area contributed by atoms with Crippen molar-refractivity contribution in [3.05, 3.63) is 24.0 Å². The second kappa shape index (κ2) is 6.13. The van der Waals surface area contributed by atoms with Crippen LogP contribution in [0.4, 0.5) is 5.69 Å². The van der Waals surface area contributed by atoms with Crippen LogP contribution in [0.2, 0.25) is 0 Å². The van der Waals surface area contributed by atoms with Crippen LogP contribution in [0, 0.1) is 0 Å². The summed E-state index contributed by atoms with van der Waals surface area (Å²) >= 11 is 0. The van der Waals surface area contributed by atoms with Crippen LogP contribution in [0.1, 0.15) is 12.6 Å². The van der Waals surface area contributed by atoms with Crippen molar-refractivity contribution in [2.75, 3.05) is 32.1 Å². The minimum absolute atomic E-state index is 0.0753. The minimum Gasteiger partial charge on any atom is -0.394 e. The van der Waals surface area contributed by atoms with E-state index in [0.29, 0.717) is 12.6 Å². The van der Waals surface area contributed by atoms with Crippen molar-refractivity contribution in [2.45, 2.75) is 25.6 Å². The number of morpholine rings is 1. The molecule has 0 amide bonds. The molecule has 0 bridgehead atoms. The summed E-state index contributed by atoms with van der Waals surface area (Å²) in [5.41, 5.74) is 2.10. The van der Waals surface area contributed by atoms with Gasteiger partial charge in [-0.3, -0.25) is 9.88 Å². The average molecular weight is 251 g/mol. The van der Waals surface area contributed by atoms with Gasteiger partial charge in [0.1, 0.15) is 0 Å². The van der Waals surface area contributed by atoms with Gasteiger partial charge in [-0.05, 0) is 19.1 Å². The van der Waals surface area contributed by atoms with Gasteiger partial charge in [-0.25, -0.2) is 0 Å². The summed E-state index contributed by atoms with van der Waals surface area (Å²) in [6.07, 6.45) is 1.74. The molecular formula is C13H21N3O2. The third-order valence-electron chi connectivity index (χ3n) is 3.31. The van der Waals surface area contributed by atoms with E-state index in [2.05, 4.69) is 28.2 Å². The maximum absolute atomic E-state index is 9.17. The fourth-order valence-corrected chi connectivity index (χ4v) is 2.13. The maximum Gasteiger partial charge on any atom is 0.0933 e. The maximum atomic E-state index is 9.17. The lowest BCUT2D eigenvalue weighted by atomic mass is 10.2. The van der Waals surface area contributed by atoms with E-state index in [1.807, 2.05) is 19.3 Å². The third-order valence-corrected chi connectivity index (χ3v) is 3.31. The number of nitrogens with one attached hydrogen (secondary N) is 1.